The molecular weight excluding hydrogens is 396 g/mol. The molecule has 2 N–H and O–H groups in total. The number of pyridine rings is 1. The van der Waals surface area contributed by atoms with Crippen molar-refractivity contribution in [1.82, 2.24) is 19.9 Å². The molecule has 9 nitrogen and oxygen atoms in total. The maximum Gasteiger partial charge on any atom is 0.246 e. The fraction of sp³-hybridized carbons (Fsp3) is 0.273. The highest BCUT2D eigenvalue weighted by atomic mass is 16.5. The van der Waals surface area contributed by atoms with Crippen LogP contribution in [0.25, 0.3) is 22.3 Å². The quantitative estimate of drug-likeness (QED) is 0.626. The van der Waals surface area contributed by atoms with E-state index < -0.39 is 0 Å². The zero-order chi connectivity index (χ0) is 22.0. The van der Waals surface area contributed by atoms with E-state index >= 15 is 0 Å². The zero-order valence-corrected chi connectivity index (χ0v) is 17.5. The highest BCUT2D eigenvalue weighted by Crippen LogP contribution is 2.33. The van der Waals surface area contributed by atoms with Crippen LogP contribution in [0.3, 0.4) is 0 Å². The normalized spacial score (nSPS) is 13.9. The highest BCUT2D eigenvalue weighted by Gasteiger charge is 2.23. The van der Waals surface area contributed by atoms with E-state index in [1.165, 1.54) is 6.08 Å². The van der Waals surface area contributed by atoms with Crippen LogP contribution >= 0.6 is 0 Å². The SMILES string of the molecule is C=CC(=O)N1CCN(c2nc(N)nc3ccc(-c4ccc(OC)c(OC)c4)nc23)CC1. The Hall–Kier alpha value is -3.88. The second kappa shape index (κ2) is 8.47. The molecule has 0 bridgehead atoms. The Morgan fingerprint density at radius 2 is 1.77 bits per heavy atom. The largest absolute Gasteiger partial charge is 0.493 e. The topological polar surface area (TPSA) is 107 Å². The minimum absolute atomic E-state index is 0.0689. The van der Waals surface area contributed by atoms with Crippen LogP contribution in [0.1, 0.15) is 0 Å². The second-order valence-corrected chi connectivity index (χ2v) is 7.06. The van der Waals surface area contributed by atoms with E-state index in [4.69, 9.17) is 20.2 Å². The van der Waals surface area contributed by atoms with Crippen molar-refractivity contribution in [3.63, 3.8) is 0 Å². The van der Waals surface area contributed by atoms with Crippen molar-refractivity contribution in [1.29, 1.82) is 0 Å². The van der Waals surface area contributed by atoms with Crippen LogP contribution in [0.5, 0.6) is 11.5 Å². The van der Waals surface area contributed by atoms with Crippen molar-refractivity contribution >= 4 is 28.7 Å². The van der Waals surface area contributed by atoms with Crippen LogP contribution in [0, 0.1) is 0 Å². The molecule has 0 aliphatic carbocycles. The molecule has 160 valence electrons. The second-order valence-electron chi connectivity index (χ2n) is 7.06. The first kappa shape index (κ1) is 20.4. The molecule has 0 radical (unpaired) electrons. The predicted molar refractivity (Wildman–Crippen MR) is 119 cm³/mol. The number of rotatable bonds is 5. The number of benzene rings is 1. The first-order chi connectivity index (χ1) is 15.0. The third-order valence-electron chi connectivity index (χ3n) is 5.29. The van der Waals surface area contributed by atoms with Gasteiger partial charge in [0.15, 0.2) is 17.3 Å². The molecule has 3 aromatic rings. The van der Waals surface area contributed by atoms with Crippen LogP contribution < -0.4 is 20.1 Å². The van der Waals surface area contributed by atoms with E-state index in [-0.39, 0.29) is 11.9 Å². The number of hydrogen-bond acceptors (Lipinski definition) is 8. The number of nitrogens with two attached hydrogens (primary N) is 1. The van der Waals surface area contributed by atoms with Gasteiger partial charge in [-0.15, -0.1) is 0 Å². The summed E-state index contributed by atoms with van der Waals surface area (Å²) in [6.45, 7) is 5.95. The summed E-state index contributed by atoms with van der Waals surface area (Å²) in [6, 6.07) is 9.42. The maximum absolute atomic E-state index is 11.9. The van der Waals surface area contributed by atoms with Crippen LogP contribution in [0.2, 0.25) is 0 Å². The molecule has 4 rings (SSSR count). The van der Waals surface area contributed by atoms with Gasteiger partial charge in [-0.25, -0.2) is 9.97 Å². The zero-order valence-electron chi connectivity index (χ0n) is 17.5. The van der Waals surface area contributed by atoms with Gasteiger partial charge in [0.1, 0.15) is 5.52 Å². The van der Waals surface area contributed by atoms with Crippen LogP contribution in [0.4, 0.5) is 11.8 Å². The lowest BCUT2D eigenvalue weighted by Crippen LogP contribution is -2.48. The molecule has 1 aromatic carbocycles. The number of carbonyl (C=O) groups excluding carboxylic acids is 1. The Morgan fingerprint density at radius 1 is 1.03 bits per heavy atom. The number of hydrogen-bond donors (Lipinski definition) is 1. The third kappa shape index (κ3) is 3.94. The summed E-state index contributed by atoms with van der Waals surface area (Å²) >= 11 is 0. The van der Waals surface area contributed by atoms with Gasteiger partial charge in [0.05, 0.1) is 25.4 Å². The Kier molecular flexibility index (Phi) is 5.57. The molecule has 1 aliphatic heterocycles. The van der Waals surface area contributed by atoms with Gasteiger partial charge in [-0.1, -0.05) is 6.58 Å². The third-order valence-corrected chi connectivity index (χ3v) is 5.29. The van der Waals surface area contributed by atoms with Gasteiger partial charge < -0.3 is 25.0 Å². The average Bonchev–Trinajstić information content (AvgIpc) is 2.82. The minimum atomic E-state index is -0.0689. The van der Waals surface area contributed by atoms with E-state index in [0.29, 0.717) is 54.5 Å². The molecule has 0 saturated carbocycles. The van der Waals surface area contributed by atoms with Crippen molar-refractivity contribution in [3.8, 4) is 22.8 Å². The number of fused-ring (bicyclic) bond motifs is 1. The number of piperazine rings is 1. The summed E-state index contributed by atoms with van der Waals surface area (Å²) in [7, 11) is 3.20. The number of ether oxygens (including phenoxy) is 2. The number of nitrogens with zero attached hydrogens (tertiary/aromatic N) is 5. The van der Waals surface area contributed by atoms with Gasteiger partial charge in [0.2, 0.25) is 11.9 Å². The number of anilines is 2. The summed E-state index contributed by atoms with van der Waals surface area (Å²) in [5.41, 5.74) is 8.91. The molecule has 0 unspecified atom stereocenters. The lowest BCUT2D eigenvalue weighted by atomic mass is 10.1. The fourth-order valence-electron chi connectivity index (χ4n) is 3.66. The summed E-state index contributed by atoms with van der Waals surface area (Å²) in [4.78, 5) is 29.4. The molecule has 1 saturated heterocycles. The van der Waals surface area contributed by atoms with Crippen LogP contribution in [0.15, 0.2) is 43.0 Å². The monoisotopic (exact) mass is 420 g/mol. The molecule has 2 aromatic heterocycles. The molecule has 1 amide bonds. The smallest absolute Gasteiger partial charge is 0.246 e. The highest BCUT2D eigenvalue weighted by molar-refractivity contribution is 5.89. The number of methoxy groups -OCH3 is 2. The Balaban J connectivity index is 1.72. The van der Waals surface area contributed by atoms with E-state index in [9.17, 15) is 4.79 Å². The van der Waals surface area contributed by atoms with E-state index in [0.717, 1.165) is 11.3 Å². The van der Waals surface area contributed by atoms with Gasteiger partial charge in [-0.2, -0.15) is 4.98 Å². The van der Waals surface area contributed by atoms with E-state index in [2.05, 4.69) is 21.4 Å². The van der Waals surface area contributed by atoms with E-state index in [1.807, 2.05) is 30.3 Å². The fourth-order valence-corrected chi connectivity index (χ4v) is 3.66. The standard InChI is InChI=1S/C22H24N6O3/c1-4-19(29)27-9-11-28(12-10-27)21-20-16(25-22(23)26-21)7-6-15(24-20)14-5-8-17(30-2)18(13-14)31-3/h4-8,13H,1,9-12H2,2-3H3,(H2,23,25,26). The lowest BCUT2D eigenvalue weighted by molar-refractivity contribution is -0.126. The van der Waals surface area contributed by atoms with Gasteiger partial charge in [0, 0.05) is 31.7 Å². The summed E-state index contributed by atoms with van der Waals surface area (Å²) in [5, 5.41) is 0. The van der Waals surface area contributed by atoms with Gasteiger partial charge in [-0.05, 0) is 36.4 Å². The van der Waals surface area contributed by atoms with Crippen molar-refractivity contribution in [2.24, 2.45) is 0 Å². The maximum atomic E-state index is 11.9. The molecule has 1 aliphatic rings. The number of nitrogen functional groups attached to an aromatic ring is 1. The van der Waals surface area contributed by atoms with Crippen LogP contribution in [-0.2, 0) is 4.79 Å². The van der Waals surface area contributed by atoms with Gasteiger partial charge in [0.25, 0.3) is 0 Å². The minimum Gasteiger partial charge on any atom is -0.493 e. The van der Waals surface area contributed by atoms with Crippen LogP contribution in [-0.4, -0.2) is 66.2 Å². The molecule has 1 fully saturated rings. The first-order valence-electron chi connectivity index (χ1n) is 9.87. The predicted octanol–water partition coefficient (Wildman–Crippen LogP) is 2.13. The number of amides is 1. The average molecular weight is 420 g/mol. The molecule has 9 heteroatoms. The molecule has 31 heavy (non-hydrogen) atoms. The first-order valence-corrected chi connectivity index (χ1v) is 9.87. The molecule has 3 heterocycles. The summed E-state index contributed by atoms with van der Waals surface area (Å²) in [5.74, 6) is 2.05. The molecule has 0 atom stereocenters. The number of aromatic nitrogens is 3. The van der Waals surface area contributed by atoms with Gasteiger partial charge in [-0.3, -0.25) is 4.79 Å². The molecular formula is C22H24N6O3. The van der Waals surface area contributed by atoms with Gasteiger partial charge >= 0.3 is 0 Å². The van der Waals surface area contributed by atoms with Crippen molar-refractivity contribution in [3.05, 3.63) is 43.0 Å². The lowest BCUT2D eigenvalue weighted by Gasteiger charge is -2.35. The van der Waals surface area contributed by atoms with Crippen molar-refractivity contribution in [2.45, 2.75) is 0 Å². The molecule has 0 spiro atoms. The summed E-state index contributed by atoms with van der Waals surface area (Å²) in [6.07, 6.45) is 1.34. The van der Waals surface area contributed by atoms with E-state index in [1.54, 1.807) is 19.1 Å². The Bertz CT molecular complexity index is 1140. The number of carbonyl (C=O) groups is 1. The summed E-state index contributed by atoms with van der Waals surface area (Å²) < 4.78 is 10.7. The Labute approximate surface area is 180 Å². The van der Waals surface area contributed by atoms with Crippen molar-refractivity contribution in [2.75, 3.05) is 51.0 Å². The van der Waals surface area contributed by atoms with Crippen molar-refractivity contribution < 1.29 is 14.3 Å². The Morgan fingerprint density at radius 3 is 2.45 bits per heavy atom.